The number of hydrogen-bond donors (Lipinski definition) is 1. The van der Waals surface area contributed by atoms with Gasteiger partial charge in [0.15, 0.2) is 0 Å². The van der Waals surface area contributed by atoms with E-state index in [0.717, 1.165) is 12.3 Å². The van der Waals surface area contributed by atoms with Gasteiger partial charge in [-0.1, -0.05) is 13.0 Å². The van der Waals surface area contributed by atoms with Gasteiger partial charge in [0.25, 0.3) is 0 Å². The van der Waals surface area contributed by atoms with E-state index in [1.807, 2.05) is 13.2 Å². The molecule has 10 heavy (non-hydrogen) atoms. The van der Waals surface area contributed by atoms with E-state index in [1.54, 1.807) is 5.01 Å². The van der Waals surface area contributed by atoms with E-state index >= 15 is 0 Å². The second-order valence-corrected chi connectivity index (χ2v) is 2.68. The fourth-order valence-electron chi connectivity index (χ4n) is 0.920. The zero-order valence-electron chi connectivity index (χ0n) is 6.41. The van der Waals surface area contributed by atoms with E-state index in [9.17, 15) is 0 Å². The fourth-order valence-corrected chi connectivity index (χ4v) is 0.920. The van der Waals surface area contributed by atoms with Crippen molar-refractivity contribution in [3.63, 3.8) is 0 Å². The van der Waals surface area contributed by atoms with Crippen molar-refractivity contribution in [3.8, 4) is 0 Å². The zero-order chi connectivity index (χ0) is 7.56. The lowest BCUT2D eigenvalue weighted by atomic mass is 10.1. The van der Waals surface area contributed by atoms with Crippen molar-refractivity contribution in [2.24, 2.45) is 16.8 Å². The van der Waals surface area contributed by atoms with Crippen molar-refractivity contribution >= 4 is 5.84 Å². The maximum atomic E-state index is 5.50. The van der Waals surface area contributed by atoms with Crippen LogP contribution in [0.2, 0.25) is 0 Å². The summed E-state index contributed by atoms with van der Waals surface area (Å²) in [5.41, 5.74) is 0. The van der Waals surface area contributed by atoms with Crippen LogP contribution in [0.5, 0.6) is 0 Å². The Balaban J connectivity index is 2.61. The predicted octanol–water partition coefficient (Wildman–Crippen LogP) is 0.744. The summed E-state index contributed by atoms with van der Waals surface area (Å²) >= 11 is 0. The second kappa shape index (κ2) is 2.84. The number of hydrogen-bond acceptors (Lipinski definition) is 3. The Morgan fingerprint density at radius 2 is 2.50 bits per heavy atom. The van der Waals surface area contributed by atoms with Crippen LogP contribution in [0.3, 0.4) is 0 Å². The van der Waals surface area contributed by atoms with Crippen LogP contribution in [-0.2, 0) is 0 Å². The third-order valence-electron chi connectivity index (χ3n) is 1.55. The summed E-state index contributed by atoms with van der Waals surface area (Å²) in [4.78, 5) is 4.12. The quantitative estimate of drug-likeness (QED) is 0.397. The lowest BCUT2D eigenvalue weighted by molar-refractivity contribution is 0.509. The molecule has 0 aromatic carbocycles. The van der Waals surface area contributed by atoms with Crippen molar-refractivity contribution in [2.75, 3.05) is 7.05 Å². The van der Waals surface area contributed by atoms with Crippen LogP contribution in [0.25, 0.3) is 0 Å². The molecule has 0 saturated heterocycles. The Hall–Kier alpha value is -0.830. The molecule has 1 unspecified atom stereocenters. The minimum Gasteiger partial charge on any atom is -0.301 e. The molecule has 1 aliphatic rings. The van der Waals surface area contributed by atoms with Crippen molar-refractivity contribution in [1.82, 2.24) is 5.01 Å². The van der Waals surface area contributed by atoms with E-state index in [0.29, 0.717) is 5.92 Å². The van der Waals surface area contributed by atoms with Gasteiger partial charge >= 0.3 is 0 Å². The minimum absolute atomic E-state index is 0.568. The topological polar surface area (TPSA) is 41.6 Å². The number of rotatable bonds is 0. The average Bonchev–Trinajstić information content (AvgIpc) is 1.88. The first-order chi connectivity index (χ1) is 4.70. The maximum absolute atomic E-state index is 5.50. The summed E-state index contributed by atoms with van der Waals surface area (Å²) in [6.45, 7) is 2.15. The van der Waals surface area contributed by atoms with Crippen LogP contribution in [0, 0.1) is 5.92 Å². The second-order valence-electron chi connectivity index (χ2n) is 2.68. The smallest absolute Gasteiger partial charge is 0.118 e. The van der Waals surface area contributed by atoms with Gasteiger partial charge in [-0.05, 0) is 5.92 Å². The molecule has 1 heterocycles. The number of hydrazine groups is 1. The summed E-state index contributed by atoms with van der Waals surface area (Å²) in [5.74, 6) is 7.02. The lowest BCUT2D eigenvalue weighted by Gasteiger charge is -2.19. The first-order valence-corrected chi connectivity index (χ1v) is 3.42. The number of amidine groups is 1. The van der Waals surface area contributed by atoms with Gasteiger partial charge in [0.05, 0.1) is 0 Å². The van der Waals surface area contributed by atoms with Gasteiger partial charge in [-0.3, -0.25) is 0 Å². The van der Waals surface area contributed by atoms with Gasteiger partial charge in [0.2, 0.25) is 0 Å². The van der Waals surface area contributed by atoms with Crippen LogP contribution in [0.15, 0.2) is 17.3 Å². The Bertz CT molecular complexity index is 170. The van der Waals surface area contributed by atoms with E-state index in [2.05, 4.69) is 18.0 Å². The molecule has 1 aliphatic heterocycles. The summed E-state index contributed by atoms with van der Waals surface area (Å²) in [5, 5.41) is 1.57. The fraction of sp³-hybridized carbons (Fsp3) is 0.571. The molecule has 0 bridgehead atoms. The number of nitrogens with zero attached hydrogens (tertiary/aromatic N) is 2. The molecule has 2 N–H and O–H groups in total. The molecule has 0 saturated carbocycles. The monoisotopic (exact) mass is 139 g/mol. The molecule has 3 heteroatoms. The molecule has 3 nitrogen and oxygen atoms in total. The largest absolute Gasteiger partial charge is 0.301 e. The third-order valence-corrected chi connectivity index (χ3v) is 1.55. The van der Waals surface area contributed by atoms with Gasteiger partial charge in [-0.15, -0.1) is 0 Å². The summed E-state index contributed by atoms with van der Waals surface area (Å²) in [7, 11) is 1.81. The Morgan fingerprint density at radius 1 is 1.80 bits per heavy atom. The molecule has 0 aromatic heterocycles. The molecule has 1 rings (SSSR count). The van der Waals surface area contributed by atoms with Gasteiger partial charge in [0.1, 0.15) is 5.84 Å². The molecular weight excluding hydrogens is 126 g/mol. The Morgan fingerprint density at radius 3 is 2.90 bits per heavy atom. The Labute approximate surface area is 61.2 Å². The first-order valence-electron chi connectivity index (χ1n) is 3.42. The molecule has 0 amide bonds. The minimum atomic E-state index is 0.568. The van der Waals surface area contributed by atoms with Crippen LogP contribution >= 0.6 is 0 Å². The predicted molar refractivity (Wildman–Crippen MR) is 42.3 cm³/mol. The summed E-state index contributed by atoms with van der Waals surface area (Å²) < 4.78 is 0. The van der Waals surface area contributed by atoms with E-state index < -0.39 is 0 Å². The third kappa shape index (κ3) is 1.57. The molecular formula is C7H13N3. The van der Waals surface area contributed by atoms with E-state index in [1.165, 1.54) is 0 Å². The standard InChI is InChI=1S/C7H13N3/c1-6-3-4-9-7(5-6)10(2)8/h3-4,6H,5,8H2,1-2H3. The number of allylic oxidation sites excluding steroid dienone is 1. The molecule has 0 fully saturated rings. The first kappa shape index (κ1) is 7.28. The number of aliphatic imine (C=N–C) groups is 1. The van der Waals surface area contributed by atoms with Gasteiger partial charge in [0, 0.05) is 19.7 Å². The van der Waals surface area contributed by atoms with Crippen molar-refractivity contribution in [1.29, 1.82) is 0 Å². The highest BCUT2D eigenvalue weighted by Gasteiger charge is 2.09. The summed E-state index contributed by atoms with van der Waals surface area (Å²) in [6.07, 6.45) is 4.84. The molecule has 1 atom stereocenters. The molecule has 0 aliphatic carbocycles. The van der Waals surface area contributed by atoms with Crippen molar-refractivity contribution in [3.05, 3.63) is 12.3 Å². The highest BCUT2D eigenvalue weighted by Crippen LogP contribution is 2.10. The van der Waals surface area contributed by atoms with Gasteiger partial charge in [-0.2, -0.15) is 0 Å². The van der Waals surface area contributed by atoms with Crippen LogP contribution < -0.4 is 5.84 Å². The van der Waals surface area contributed by atoms with Crippen LogP contribution in [0.4, 0.5) is 0 Å². The SMILES string of the molecule is CC1C=CN=C(N(C)N)C1. The Kier molecular flexibility index (Phi) is 2.06. The van der Waals surface area contributed by atoms with Crippen LogP contribution in [0.1, 0.15) is 13.3 Å². The zero-order valence-corrected chi connectivity index (χ0v) is 6.41. The molecule has 0 radical (unpaired) electrons. The summed E-state index contributed by atoms with van der Waals surface area (Å²) in [6, 6.07) is 0. The van der Waals surface area contributed by atoms with Crippen molar-refractivity contribution in [2.45, 2.75) is 13.3 Å². The van der Waals surface area contributed by atoms with E-state index in [-0.39, 0.29) is 0 Å². The number of nitrogens with two attached hydrogens (primary N) is 1. The molecule has 0 spiro atoms. The van der Waals surface area contributed by atoms with Gasteiger partial charge < -0.3 is 5.01 Å². The van der Waals surface area contributed by atoms with Crippen LogP contribution in [-0.4, -0.2) is 17.9 Å². The molecule has 0 aromatic rings. The maximum Gasteiger partial charge on any atom is 0.118 e. The van der Waals surface area contributed by atoms with Crippen molar-refractivity contribution < 1.29 is 0 Å². The van der Waals surface area contributed by atoms with Gasteiger partial charge in [-0.25, -0.2) is 10.8 Å². The highest BCUT2D eigenvalue weighted by atomic mass is 15.4. The average molecular weight is 139 g/mol. The highest BCUT2D eigenvalue weighted by molar-refractivity contribution is 5.83. The van der Waals surface area contributed by atoms with E-state index in [4.69, 9.17) is 5.84 Å². The lowest BCUT2D eigenvalue weighted by Crippen LogP contribution is -2.34. The molecule has 56 valence electrons. The normalized spacial score (nSPS) is 24.3.